The monoisotopic (exact) mass is 622 g/mol. The van der Waals surface area contributed by atoms with Crippen LogP contribution in [0.1, 0.15) is 16.7 Å². The lowest BCUT2D eigenvalue weighted by atomic mass is 10.1. The first-order valence-electron chi connectivity index (χ1n) is 12.6. The summed E-state index contributed by atoms with van der Waals surface area (Å²) in [5.74, 6) is 3.81. The van der Waals surface area contributed by atoms with Crippen LogP contribution in [0.4, 0.5) is 5.69 Å². The molecule has 4 rings (SSSR count). The zero-order valence-corrected chi connectivity index (χ0v) is 25.7. The van der Waals surface area contributed by atoms with E-state index in [9.17, 15) is 0 Å². The maximum atomic E-state index is 5.68. The highest BCUT2D eigenvalue weighted by Crippen LogP contribution is 2.34. The van der Waals surface area contributed by atoms with E-state index < -0.39 is 0 Å². The van der Waals surface area contributed by atoms with Crippen molar-refractivity contribution in [2.24, 2.45) is 4.99 Å². The van der Waals surface area contributed by atoms with Crippen LogP contribution in [0.5, 0.6) is 23.0 Å². The van der Waals surface area contributed by atoms with Gasteiger partial charge in [-0.25, -0.2) is 4.99 Å². The first-order chi connectivity index (χ1) is 19.1. The third kappa shape index (κ3) is 8.69. The molecule has 0 bridgehead atoms. The van der Waals surface area contributed by atoms with Crippen molar-refractivity contribution in [1.29, 1.82) is 0 Å². The maximum absolute atomic E-state index is 5.68. The van der Waals surface area contributed by atoms with Crippen LogP contribution in [0.3, 0.4) is 0 Å². The third-order valence-electron chi connectivity index (χ3n) is 6.15. The summed E-state index contributed by atoms with van der Waals surface area (Å²) < 4.78 is 21.8. The minimum absolute atomic E-state index is 0. The maximum Gasteiger partial charge on any atom is 0.165 e. The van der Waals surface area contributed by atoms with Crippen LogP contribution in [0.15, 0.2) is 102 Å². The molecule has 0 saturated carbocycles. The summed E-state index contributed by atoms with van der Waals surface area (Å²) in [7, 11) is 6.65. The first-order valence-corrected chi connectivity index (χ1v) is 13.6. The molecule has 4 aromatic carbocycles. The molecular formula is C32H35BrN2O4S. The topological polar surface area (TPSA) is 52.5 Å². The van der Waals surface area contributed by atoms with Gasteiger partial charge in [-0.1, -0.05) is 66.4 Å². The summed E-state index contributed by atoms with van der Waals surface area (Å²) in [5.41, 5.74) is 4.27. The predicted molar refractivity (Wildman–Crippen MR) is 170 cm³/mol. The summed E-state index contributed by atoms with van der Waals surface area (Å²) >= 11 is 1.70. The number of hydrogen-bond donors (Lipinski definition) is 0. The van der Waals surface area contributed by atoms with Gasteiger partial charge in [0.2, 0.25) is 0 Å². The van der Waals surface area contributed by atoms with Crippen LogP contribution in [-0.4, -0.2) is 38.5 Å². The Morgan fingerprint density at radius 1 is 0.625 bits per heavy atom. The number of amidine groups is 1. The van der Waals surface area contributed by atoms with E-state index in [0.29, 0.717) is 18.8 Å². The molecule has 40 heavy (non-hydrogen) atoms. The van der Waals surface area contributed by atoms with Crippen LogP contribution < -0.4 is 18.9 Å². The Balaban J connectivity index is 0.00000441. The fraction of sp³-hybridized carbons (Fsp3) is 0.219. The van der Waals surface area contributed by atoms with E-state index in [1.165, 1.54) is 5.56 Å². The lowest BCUT2D eigenvalue weighted by molar-refractivity contribution is 0.394. The quantitative estimate of drug-likeness (QED) is 0.125. The van der Waals surface area contributed by atoms with E-state index in [1.54, 1.807) is 40.2 Å². The van der Waals surface area contributed by atoms with Crippen molar-refractivity contribution < 1.29 is 18.9 Å². The number of ether oxygens (including phenoxy) is 4. The van der Waals surface area contributed by atoms with Gasteiger partial charge in [-0.2, -0.15) is 0 Å². The second-order valence-corrected chi connectivity index (χ2v) is 9.70. The zero-order chi connectivity index (χ0) is 27.5. The van der Waals surface area contributed by atoms with Crippen LogP contribution >= 0.6 is 28.7 Å². The van der Waals surface area contributed by atoms with Crippen molar-refractivity contribution in [3.63, 3.8) is 0 Å². The Morgan fingerprint density at radius 3 is 1.65 bits per heavy atom. The number of aliphatic imine (C=N–C) groups is 1. The molecule has 0 saturated heterocycles. The van der Waals surface area contributed by atoms with Crippen molar-refractivity contribution >= 4 is 39.6 Å². The number of benzene rings is 4. The molecule has 0 aromatic heterocycles. The Kier molecular flexibility index (Phi) is 12.2. The predicted octanol–water partition coefficient (Wildman–Crippen LogP) is 7.92. The summed E-state index contributed by atoms with van der Waals surface area (Å²) in [6, 6.07) is 32.4. The van der Waals surface area contributed by atoms with Crippen LogP contribution in [0, 0.1) is 0 Å². The number of thioether (sulfide) groups is 1. The van der Waals surface area contributed by atoms with Gasteiger partial charge in [0.05, 0.1) is 28.4 Å². The van der Waals surface area contributed by atoms with E-state index in [2.05, 4.69) is 53.4 Å². The van der Waals surface area contributed by atoms with E-state index in [1.807, 2.05) is 48.5 Å². The molecule has 0 heterocycles. The highest BCUT2D eigenvalue weighted by atomic mass is 79.9. The van der Waals surface area contributed by atoms with Gasteiger partial charge in [0.1, 0.15) is 28.7 Å². The average Bonchev–Trinajstić information content (AvgIpc) is 3.00. The Bertz CT molecular complexity index is 1300. The normalized spacial score (nSPS) is 10.8. The smallest absolute Gasteiger partial charge is 0.165 e. The standard InChI is InChI=1S/C32H34N2O4S.BrH/c1-35-27-14-10-24(11-15-27)21-34(22-25-12-16-28(36-2)17-13-25)32(39-23-26-8-6-5-7-9-26)33-30-19-18-29(37-3)20-31(30)38-4;/h5-20H,21-23H2,1-4H3;1H. The SMILES string of the molecule is Br.COc1ccc(CN(Cc2ccc(OC)cc2)C(=Nc2ccc(OC)cc2OC)SCc2ccccc2)cc1. The Morgan fingerprint density at radius 2 is 1.15 bits per heavy atom. The zero-order valence-electron chi connectivity index (χ0n) is 23.2. The van der Waals surface area contributed by atoms with Gasteiger partial charge >= 0.3 is 0 Å². The molecule has 0 atom stereocenters. The molecule has 0 aliphatic rings. The van der Waals surface area contributed by atoms with Crippen LogP contribution in [0.2, 0.25) is 0 Å². The number of methoxy groups -OCH3 is 4. The van der Waals surface area contributed by atoms with E-state index in [4.69, 9.17) is 23.9 Å². The van der Waals surface area contributed by atoms with Crippen molar-refractivity contribution in [2.45, 2.75) is 18.8 Å². The highest BCUT2D eigenvalue weighted by molar-refractivity contribution is 8.93. The molecular weight excluding hydrogens is 588 g/mol. The molecule has 0 radical (unpaired) electrons. The highest BCUT2D eigenvalue weighted by Gasteiger charge is 2.17. The summed E-state index contributed by atoms with van der Waals surface area (Å²) in [6.45, 7) is 1.32. The first kappa shape index (κ1) is 30.9. The molecule has 0 N–H and O–H groups in total. The molecule has 0 fully saturated rings. The molecule has 0 spiro atoms. The Labute approximate surface area is 251 Å². The van der Waals surface area contributed by atoms with Crippen LogP contribution in [-0.2, 0) is 18.8 Å². The van der Waals surface area contributed by atoms with Gasteiger partial charge in [-0.15, -0.1) is 17.0 Å². The number of hydrogen-bond acceptors (Lipinski definition) is 6. The van der Waals surface area contributed by atoms with E-state index >= 15 is 0 Å². The lowest BCUT2D eigenvalue weighted by Gasteiger charge is -2.27. The van der Waals surface area contributed by atoms with Gasteiger partial charge < -0.3 is 23.8 Å². The molecule has 8 heteroatoms. The van der Waals surface area contributed by atoms with Gasteiger partial charge in [0.15, 0.2) is 5.17 Å². The fourth-order valence-corrected chi connectivity index (χ4v) is 4.95. The number of halogens is 1. The minimum Gasteiger partial charge on any atom is -0.497 e. The van der Waals surface area contributed by atoms with Crippen molar-refractivity contribution in [1.82, 2.24) is 4.90 Å². The summed E-state index contributed by atoms with van der Waals surface area (Å²) in [4.78, 5) is 7.45. The molecule has 0 aliphatic heterocycles. The number of rotatable bonds is 11. The summed E-state index contributed by atoms with van der Waals surface area (Å²) in [5, 5.41) is 0.883. The van der Waals surface area contributed by atoms with Crippen molar-refractivity contribution in [3.05, 3.63) is 114 Å². The molecule has 0 amide bonds. The molecule has 0 unspecified atom stereocenters. The third-order valence-corrected chi connectivity index (χ3v) is 7.23. The van der Waals surface area contributed by atoms with E-state index in [0.717, 1.165) is 45.0 Å². The van der Waals surface area contributed by atoms with Gasteiger partial charge in [0, 0.05) is 24.9 Å². The van der Waals surface area contributed by atoms with Crippen molar-refractivity contribution in [3.8, 4) is 23.0 Å². The Hall–Kier alpha value is -3.62. The fourth-order valence-electron chi connectivity index (χ4n) is 3.99. The van der Waals surface area contributed by atoms with Gasteiger partial charge in [-0.3, -0.25) is 0 Å². The largest absolute Gasteiger partial charge is 0.497 e. The molecule has 6 nitrogen and oxygen atoms in total. The lowest BCUT2D eigenvalue weighted by Crippen LogP contribution is -2.28. The van der Waals surface area contributed by atoms with Gasteiger partial charge in [-0.05, 0) is 53.1 Å². The van der Waals surface area contributed by atoms with Crippen molar-refractivity contribution in [2.75, 3.05) is 28.4 Å². The minimum atomic E-state index is 0. The average molecular weight is 624 g/mol. The van der Waals surface area contributed by atoms with E-state index in [-0.39, 0.29) is 17.0 Å². The van der Waals surface area contributed by atoms with Gasteiger partial charge in [0.25, 0.3) is 0 Å². The van der Waals surface area contributed by atoms with Crippen LogP contribution in [0.25, 0.3) is 0 Å². The number of nitrogens with zero attached hydrogens (tertiary/aromatic N) is 2. The second kappa shape index (κ2) is 15.8. The molecule has 210 valence electrons. The molecule has 4 aromatic rings. The second-order valence-electron chi connectivity index (χ2n) is 8.76. The molecule has 0 aliphatic carbocycles. The summed E-state index contributed by atoms with van der Waals surface area (Å²) in [6.07, 6.45) is 0.